The van der Waals surface area contributed by atoms with Gasteiger partial charge in [-0.3, -0.25) is 5.10 Å². The molecule has 0 radical (unpaired) electrons. The van der Waals surface area contributed by atoms with Crippen LogP contribution < -0.4 is 10.1 Å². The second-order valence-corrected chi connectivity index (χ2v) is 6.34. The summed E-state index contributed by atoms with van der Waals surface area (Å²) in [6.45, 7) is 2.37. The number of nitrogens with one attached hydrogen (secondary N) is 2. The Hall–Kier alpha value is -2.30. The molecule has 3 aromatic rings. The molecule has 0 saturated heterocycles. The first-order valence-electron chi connectivity index (χ1n) is 8.04. The van der Waals surface area contributed by atoms with Gasteiger partial charge in [0.1, 0.15) is 12.4 Å². The van der Waals surface area contributed by atoms with E-state index in [4.69, 9.17) is 16.3 Å². The highest BCUT2D eigenvalue weighted by Crippen LogP contribution is 2.28. The molecule has 0 bridgehead atoms. The van der Waals surface area contributed by atoms with Crippen molar-refractivity contribution in [2.24, 2.45) is 0 Å². The fourth-order valence-electron chi connectivity index (χ4n) is 2.94. The van der Waals surface area contributed by atoms with Crippen LogP contribution in [0.5, 0.6) is 5.75 Å². The van der Waals surface area contributed by atoms with Crippen molar-refractivity contribution in [3.8, 4) is 17.0 Å². The average Bonchev–Trinajstić information content (AvgIpc) is 3.06. The molecular weight excluding hydrogens is 322 g/mol. The number of ether oxygens (including phenoxy) is 1. The molecule has 24 heavy (non-hydrogen) atoms. The molecule has 0 atom stereocenters. The first kappa shape index (κ1) is 15.2. The van der Waals surface area contributed by atoms with Gasteiger partial charge in [0.25, 0.3) is 0 Å². The number of hydrogen-bond donors (Lipinski definition) is 2. The van der Waals surface area contributed by atoms with Gasteiger partial charge in [0, 0.05) is 41.4 Å². The lowest BCUT2D eigenvalue weighted by Gasteiger charge is -2.13. The van der Waals surface area contributed by atoms with Crippen LogP contribution in [0.2, 0.25) is 5.02 Å². The van der Waals surface area contributed by atoms with Gasteiger partial charge in [-0.25, -0.2) is 0 Å². The summed E-state index contributed by atoms with van der Waals surface area (Å²) in [5.74, 6) is 0.836. The summed E-state index contributed by atoms with van der Waals surface area (Å²) in [5, 5.41) is 11.8. The molecule has 0 saturated carbocycles. The number of aromatic nitrogens is 2. The third-order valence-electron chi connectivity index (χ3n) is 4.23. The molecule has 1 aliphatic heterocycles. The van der Waals surface area contributed by atoms with E-state index in [0.717, 1.165) is 47.1 Å². The van der Waals surface area contributed by atoms with E-state index in [1.807, 2.05) is 42.5 Å². The Morgan fingerprint density at radius 3 is 2.88 bits per heavy atom. The summed E-state index contributed by atoms with van der Waals surface area (Å²) in [6.07, 6.45) is 0.995. The minimum Gasteiger partial charge on any atom is -0.489 e. The van der Waals surface area contributed by atoms with Gasteiger partial charge in [-0.05, 0) is 29.8 Å². The third-order valence-corrected chi connectivity index (χ3v) is 4.48. The zero-order valence-corrected chi connectivity index (χ0v) is 13.9. The molecule has 0 amide bonds. The maximum Gasteiger partial charge on any atom is 0.120 e. The molecule has 1 aromatic heterocycles. The van der Waals surface area contributed by atoms with Crippen LogP contribution in [-0.4, -0.2) is 16.7 Å². The second kappa shape index (κ2) is 6.67. The molecule has 0 unspecified atom stereocenters. The molecular formula is C19H18ClN3O. The highest BCUT2D eigenvalue weighted by molar-refractivity contribution is 6.30. The second-order valence-electron chi connectivity index (χ2n) is 5.90. The summed E-state index contributed by atoms with van der Waals surface area (Å²) in [5.41, 5.74) is 5.66. The third kappa shape index (κ3) is 3.16. The molecule has 1 aliphatic rings. The Morgan fingerprint density at radius 1 is 1.12 bits per heavy atom. The summed E-state index contributed by atoms with van der Waals surface area (Å²) in [6, 6.07) is 15.8. The van der Waals surface area contributed by atoms with Crippen LogP contribution in [0.15, 0.2) is 48.5 Å². The quantitative estimate of drug-likeness (QED) is 0.756. The molecule has 5 heteroatoms. The van der Waals surface area contributed by atoms with Gasteiger partial charge in [0.15, 0.2) is 0 Å². The van der Waals surface area contributed by atoms with Gasteiger partial charge in [0.2, 0.25) is 0 Å². The zero-order valence-electron chi connectivity index (χ0n) is 13.2. The maximum absolute atomic E-state index is 5.92. The fraction of sp³-hybridized carbons (Fsp3) is 0.211. The first-order valence-corrected chi connectivity index (χ1v) is 8.42. The number of rotatable bonds is 4. The normalized spacial score (nSPS) is 13.5. The number of fused-ring (bicyclic) bond motifs is 1. The highest BCUT2D eigenvalue weighted by Gasteiger charge is 2.17. The molecule has 2 heterocycles. The van der Waals surface area contributed by atoms with Crippen molar-refractivity contribution < 1.29 is 4.74 Å². The molecule has 2 aromatic carbocycles. The van der Waals surface area contributed by atoms with Crippen LogP contribution >= 0.6 is 11.6 Å². The standard InChI is InChI=1S/C19H18ClN3O/c20-15-6-4-13(5-7-15)12-24-16-3-1-2-14(10-16)19-17-11-21-9-8-18(17)22-23-19/h1-7,10,21H,8-9,11-12H2,(H,22,23). The Bertz CT molecular complexity index is 842. The van der Waals surface area contributed by atoms with Crippen LogP contribution in [0.3, 0.4) is 0 Å². The van der Waals surface area contributed by atoms with E-state index in [1.165, 1.54) is 11.3 Å². The summed E-state index contributed by atoms with van der Waals surface area (Å²) >= 11 is 5.91. The van der Waals surface area contributed by atoms with Crippen molar-refractivity contribution in [2.75, 3.05) is 6.54 Å². The van der Waals surface area contributed by atoms with E-state index >= 15 is 0 Å². The van der Waals surface area contributed by atoms with Crippen molar-refractivity contribution >= 4 is 11.6 Å². The molecule has 4 rings (SSSR count). The molecule has 0 spiro atoms. The predicted molar refractivity (Wildman–Crippen MR) is 95.2 cm³/mol. The van der Waals surface area contributed by atoms with Crippen LogP contribution in [0.4, 0.5) is 0 Å². The first-order chi connectivity index (χ1) is 11.8. The largest absolute Gasteiger partial charge is 0.489 e. The Balaban J connectivity index is 1.53. The van der Waals surface area contributed by atoms with Crippen molar-refractivity contribution in [1.82, 2.24) is 15.5 Å². The predicted octanol–water partition coefficient (Wildman–Crippen LogP) is 3.95. The number of benzene rings is 2. The van der Waals surface area contributed by atoms with Crippen LogP contribution in [0.25, 0.3) is 11.3 Å². The van der Waals surface area contributed by atoms with E-state index in [0.29, 0.717) is 6.61 Å². The summed E-state index contributed by atoms with van der Waals surface area (Å²) in [7, 11) is 0. The molecule has 122 valence electrons. The lowest BCUT2D eigenvalue weighted by molar-refractivity contribution is 0.306. The fourth-order valence-corrected chi connectivity index (χ4v) is 3.07. The SMILES string of the molecule is Clc1ccc(COc2cccc(-c3n[nH]c4c3CNCC4)c2)cc1. The van der Waals surface area contributed by atoms with Crippen LogP contribution in [0.1, 0.15) is 16.8 Å². The van der Waals surface area contributed by atoms with Gasteiger partial charge in [-0.1, -0.05) is 35.9 Å². The van der Waals surface area contributed by atoms with E-state index in [2.05, 4.69) is 21.6 Å². The topological polar surface area (TPSA) is 49.9 Å². The van der Waals surface area contributed by atoms with Crippen LogP contribution in [-0.2, 0) is 19.6 Å². The van der Waals surface area contributed by atoms with Gasteiger partial charge in [-0.15, -0.1) is 0 Å². The van der Waals surface area contributed by atoms with Gasteiger partial charge >= 0.3 is 0 Å². The summed E-state index contributed by atoms with van der Waals surface area (Å²) in [4.78, 5) is 0. The Labute approximate surface area is 145 Å². The highest BCUT2D eigenvalue weighted by atomic mass is 35.5. The minimum atomic E-state index is 0.515. The van der Waals surface area contributed by atoms with E-state index in [9.17, 15) is 0 Å². The lowest BCUT2D eigenvalue weighted by Crippen LogP contribution is -2.23. The van der Waals surface area contributed by atoms with Gasteiger partial charge < -0.3 is 10.1 Å². The molecule has 0 aliphatic carbocycles. The number of halogens is 1. The number of H-pyrrole nitrogens is 1. The van der Waals surface area contributed by atoms with E-state index in [1.54, 1.807) is 0 Å². The molecule has 4 nitrogen and oxygen atoms in total. The van der Waals surface area contributed by atoms with Gasteiger partial charge in [-0.2, -0.15) is 5.10 Å². The number of aromatic amines is 1. The van der Waals surface area contributed by atoms with Gasteiger partial charge in [0.05, 0.1) is 5.69 Å². The number of nitrogens with zero attached hydrogens (tertiary/aromatic N) is 1. The average molecular weight is 340 g/mol. The van der Waals surface area contributed by atoms with E-state index in [-0.39, 0.29) is 0 Å². The van der Waals surface area contributed by atoms with Crippen molar-refractivity contribution in [2.45, 2.75) is 19.6 Å². The van der Waals surface area contributed by atoms with Crippen LogP contribution in [0, 0.1) is 0 Å². The lowest BCUT2D eigenvalue weighted by atomic mass is 10.0. The van der Waals surface area contributed by atoms with Crippen molar-refractivity contribution in [1.29, 1.82) is 0 Å². The smallest absolute Gasteiger partial charge is 0.120 e. The summed E-state index contributed by atoms with van der Waals surface area (Å²) < 4.78 is 5.92. The Kier molecular flexibility index (Phi) is 4.24. The van der Waals surface area contributed by atoms with Crippen molar-refractivity contribution in [3.63, 3.8) is 0 Å². The molecule has 2 N–H and O–H groups in total. The van der Waals surface area contributed by atoms with Crippen molar-refractivity contribution in [3.05, 3.63) is 70.4 Å². The zero-order chi connectivity index (χ0) is 16.4. The Morgan fingerprint density at radius 2 is 2.00 bits per heavy atom. The maximum atomic E-state index is 5.92. The number of hydrogen-bond acceptors (Lipinski definition) is 3. The van der Waals surface area contributed by atoms with E-state index < -0.39 is 0 Å². The molecule has 0 fully saturated rings. The minimum absolute atomic E-state index is 0.515. The monoisotopic (exact) mass is 339 g/mol.